The number of benzene rings is 1. The van der Waals surface area contributed by atoms with Crippen molar-refractivity contribution >= 4 is 17.5 Å². The average Bonchev–Trinajstić information content (AvgIpc) is 3.26. The molecule has 2 aromatic heterocycles. The number of ether oxygens (including phenoxy) is 1. The molecule has 0 saturated heterocycles. The Labute approximate surface area is 206 Å². The number of hydrogen-bond donors (Lipinski definition) is 2. The van der Waals surface area contributed by atoms with Crippen molar-refractivity contribution in [2.24, 2.45) is 5.41 Å². The minimum Gasteiger partial charge on any atom is -0.495 e. The monoisotopic (exact) mass is 478 g/mol. The van der Waals surface area contributed by atoms with E-state index in [-0.39, 0.29) is 28.3 Å². The molecule has 2 amide bonds. The van der Waals surface area contributed by atoms with Crippen LogP contribution in [0.3, 0.4) is 0 Å². The normalized spacial score (nSPS) is 11.8. The van der Waals surface area contributed by atoms with Crippen LogP contribution in [0.4, 0.5) is 5.69 Å². The van der Waals surface area contributed by atoms with Gasteiger partial charge in [-0.3, -0.25) is 14.6 Å². The van der Waals surface area contributed by atoms with Crippen molar-refractivity contribution in [3.05, 3.63) is 59.2 Å². The molecule has 0 aliphatic rings. The second kappa shape index (κ2) is 9.85. The average molecular weight is 479 g/mol. The van der Waals surface area contributed by atoms with Gasteiger partial charge in [0.05, 0.1) is 35.9 Å². The number of hydrogen-bond acceptors (Lipinski definition) is 6. The van der Waals surface area contributed by atoms with Crippen molar-refractivity contribution in [3.8, 4) is 11.4 Å². The minimum absolute atomic E-state index is 0.0526. The second-order valence-electron chi connectivity index (χ2n) is 10.7. The van der Waals surface area contributed by atoms with Gasteiger partial charge in [-0.15, -0.1) is 5.10 Å². The second-order valence-corrected chi connectivity index (χ2v) is 10.7. The van der Waals surface area contributed by atoms with Gasteiger partial charge in [-0.25, -0.2) is 4.68 Å². The molecule has 0 fully saturated rings. The number of pyridine rings is 1. The maximum atomic E-state index is 13.1. The molecule has 0 spiro atoms. The minimum atomic E-state index is -0.341. The summed E-state index contributed by atoms with van der Waals surface area (Å²) in [4.78, 5) is 29.9. The number of amides is 2. The van der Waals surface area contributed by atoms with Crippen LogP contribution in [0.2, 0.25) is 0 Å². The van der Waals surface area contributed by atoms with E-state index < -0.39 is 0 Å². The number of aromatic nitrogens is 4. The first-order valence-electron chi connectivity index (χ1n) is 11.5. The third kappa shape index (κ3) is 6.44. The zero-order valence-electron chi connectivity index (χ0n) is 21.7. The Balaban J connectivity index is 1.85. The summed E-state index contributed by atoms with van der Waals surface area (Å²) in [6, 6.07) is 7.42. The Kier molecular flexibility index (Phi) is 7.28. The molecule has 9 nitrogen and oxygen atoms in total. The zero-order chi connectivity index (χ0) is 26.0. The van der Waals surface area contributed by atoms with Gasteiger partial charge in [0.2, 0.25) is 0 Å². The van der Waals surface area contributed by atoms with Gasteiger partial charge in [-0.1, -0.05) is 52.8 Å². The van der Waals surface area contributed by atoms with E-state index in [1.54, 1.807) is 20.1 Å². The molecule has 3 aromatic rings. The summed E-state index contributed by atoms with van der Waals surface area (Å²) >= 11 is 0. The first-order chi connectivity index (χ1) is 16.3. The van der Waals surface area contributed by atoms with Crippen LogP contribution in [0.15, 0.2) is 36.7 Å². The summed E-state index contributed by atoms with van der Waals surface area (Å²) in [5, 5.41) is 13.8. The summed E-state index contributed by atoms with van der Waals surface area (Å²) < 4.78 is 6.89. The first kappa shape index (κ1) is 25.9. The fraction of sp³-hybridized carbons (Fsp3) is 0.423. The number of carbonyl (C=O) groups excluding carboxylic acids is 2. The molecule has 3 rings (SSSR count). The summed E-state index contributed by atoms with van der Waals surface area (Å²) in [6.45, 7) is 14.7. The number of methoxy groups -OCH3 is 1. The van der Waals surface area contributed by atoms with E-state index in [4.69, 9.17) is 4.74 Å². The fourth-order valence-electron chi connectivity index (χ4n) is 3.27. The molecule has 0 atom stereocenters. The van der Waals surface area contributed by atoms with Gasteiger partial charge < -0.3 is 15.4 Å². The molecule has 0 bridgehead atoms. The van der Waals surface area contributed by atoms with Crippen molar-refractivity contribution in [2.75, 3.05) is 19.0 Å². The highest BCUT2D eigenvalue weighted by atomic mass is 16.5. The number of rotatable bonds is 6. The van der Waals surface area contributed by atoms with Crippen LogP contribution in [-0.4, -0.2) is 45.4 Å². The molecule has 35 heavy (non-hydrogen) atoms. The topological polar surface area (TPSA) is 111 Å². The van der Waals surface area contributed by atoms with Crippen molar-refractivity contribution in [2.45, 2.75) is 53.9 Å². The van der Waals surface area contributed by atoms with Crippen LogP contribution in [0.25, 0.3) is 5.69 Å². The van der Waals surface area contributed by atoms with Crippen LogP contribution < -0.4 is 15.4 Å². The van der Waals surface area contributed by atoms with E-state index in [1.165, 1.54) is 17.1 Å². The number of aryl methyl sites for hydroxylation is 1. The number of anilines is 1. The smallest absolute Gasteiger partial charge is 0.273 e. The van der Waals surface area contributed by atoms with E-state index >= 15 is 0 Å². The largest absolute Gasteiger partial charge is 0.495 e. The van der Waals surface area contributed by atoms with Gasteiger partial charge in [0.1, 0.15) is 5.75 Å². The molecule has 186 valence electrons. The fourth-order valence-corrected chi connectivity index (χ4v) is 3.27. The standard InChI is InChI=1S/C26H34N6O3/c1-16-21(32-14-20(30-31-32)24(34)28-15-25(2,3)4)11-17(13-27-16)23(33)29-19-12-18(26(5,6)7)9-10-22(19)35-8/h9-14H,15H2,1-8H3,(H,28,34)(H,29,33). The first-order valence-corrected chi connectivity index (χ1v) is 11.5. The Morgan fingerprint density at radius 2 is 1.77 bits per heavy atom. The lowest BCUT2D eigenvalue weighted by Gasteiger charge is -2.21. The van der Waals surface area contributed by atoms with Crippen molar-refractivity contribution in [1.82, 2.24) is 25.3 Å². The summed E-state index contributed by atoms with van der Waals surface area (Å²) in [5.41, 5.74) is 3.21. The van der Waals surface area contributed by atoms with Crippen LogP contribution in [0.1, 0.15) is 73.6 Å². The molecule has 0 aliphatic carbocycles. The Hall–Kier alpha value is -3.75. The van der Waals surface area contributed by atoms with Crippen molar-refractivity contribution < 1.29 is 14.3 Å². The molecule has 0 radical (unpaired) electrons. The zero-order valence-corrected chi connectivity index (χ0v) is 21.7. The summed E-state index contributed by atoms with van der Waals surface area (Å²) in [6.07, 6.45) is 3.03. The number of nitrogens with one attached hydrogen (secondary N) is 2. The maximum absolute atomic E-state index is 13.1. The molecule has 9 heteroatoms. The maximum Gasteiger partial charge on any atom is 0.273 e. The molecule has 1 aromatic carbocycles. The van der Waals surface area contributed by atoms with E-state index in [0.29, 0.717) is 34.9 Å². The third-order valence-electron chi connectivity index (χ3n) is 5.39. The van der Waals surface area contributed by atoms with Gasteiger partial charge in [0.15, 0.2) is 5.69 Å². The number of carbonyl (C=O) groups is 2. The lowest BCUT2D eigenvalue weighted by Crippen LogP contribution is -2.32. The number of nitrogens with zero attached hydrogens (tertiary/aromatic N) is 4. The van der Waals surface area contributed by atoms with Crippen LogP contribution in [0, 0.1) is 12.3 Å². The van der Waals surface area contributed by atoms with E-state index in [2.05, 4.69) is 46.7 Å². The summed E-state index contributed by atoms with van der Waals surface area (Å²) in [7, 11) is 1.56. The Morgan fingerprint density at radius 1 is 1.06 bits per heavy atom. The Bertz CT molecular complexity index is 1230. The highest BCUT2D eigenvalue weighted by Crippen LogP contribution is 2.31. The predicted molar refractivity (Wildman–Crippen MR) is 135 cm³/mol. The lowest BCUT2D eigenvalue weighted by molar-refractivity contribution is 0.0933. The van der Waals surface area contributed by atoms with Crippen LogP contribution >= 0.6 is 0 Å². The van der Waals surface area contributed by atoms with Gasteiger partial charge in [-0.2, -0.15) is 0 Å². The van der Waals surface area contributed by atoms with E-state index in [1.807, 2.05) is 39.0 Å². The van der Waals surface area contributed by atoms with E-state index in [0.717, 1.165) is 5.56 Å². The third-order valence-corrected chi connectivity index (χ3v) is 5.39. The highest BCUT2D eigenvalue weighted by Gasteiger charge is 2.20. The van der Waals surface area contributed by atoms with Gasteiger partial charge in [0.25, 0.3) is 11.8 Å². The molecule has 2 N–H and O–H groups in total. The lowest BCUT2D eigenvalue weighted by atomic mass is 9.87. The van der Waals surface area contributed by atoms with Crippen molar-refractivity contribution in [3.63, 3.8) is 0 Å². The molecule has 0 aliphatic heterocycles. The quantitative estimate of drug-likeness (QED) is 0.546. The Morgan fingerprint density at radius 3 is 2.40 bits per heavy atom. The predicted octanol–water partition coefficient (Wildman–Crippen LogP) is 4.31. The molecule has 0 saturated carbocycles. The SMILES string of the molecule is COc1ccc(C(C)(C)C)cc1NC(=O)c1cnc(C)c(-n2cc(C(=O)NCC(C)(C)C)nn2)c1. The van der Waals surface area contributed by atoms with Gasteiger partial charge in [0, 0.05) is 12.7 Å². The van der Waals surface area contributed by atoms with Crippen LogP contribution in [0.5, 0.6) is 5.75 Å². The van der Waals surface area contributed by atoms with E-state index in [9.17, 15) is 9.59 Å². The summed E-state index contributed by atoms with van der Waals surface area (Å²) in [5.74, 6) is -0.0864. The molecule has 2 heterocycles. The van der Waals surface area contributed by atoms with Crippen molar-refractivity contribution in [1.29, 1.82) is 0 Å². The molecular weight excluding hydrogens is 444 g/mol. The highest BCUT2D eigenvalue weighted by molar-refractivity contribution is 6.05. The molecular formula is C26H34N6O3. The van der Waals surface area contributed by atoms with Crippen LogP contribution in [-0.2, 0) is 5.41 Å². The molecule has 0 unspecified atom stereocenters. The van der Waals surface area contributed by atoms with Gasteiger partial charge >= 0.3 is 0 Å². The van der Waals surface area contributed by atoms with Gasteiger partial charge in [-0.05, 0) is 41.5 Å².